The van der Waals surface area contributed by atoms with Gasteiger partial charge < -0.3 is 10.2 Å². The normalized spacial score (nSPS) is 12.6. The van der Waals surface area contributed by atoms with Crippen molar-refractivity contribution in [2.45, 2.75) is 6.10 Å². The second-order valence-corrected chi connectivity index (χ2v) is 4.55. The fourth-order valence-corrected chi connectivity index (χ4v) is 1.90. The van der Waals surface area contributed by atoms with Crippen molar-refractivity contribution in [2.75, 3.05) is 0 Å². The molecule has 0 saturated carbocycles. The fourth-order valence-electron chi connectivity index (χ4n) is 0.881. The van der Waals surface area contributed by atoms with Crippen LogP contribution in [0, 0.1) is 9.39 Å². The van der Waals surface area contributed by atoms with Crippen LogP contribution in [-0.2, 0) is 4.79 Å². The van der Waals surface area contributed by atoms with Crippen molar-refractivity contribution in [2.24, 2.45) is 0 Å². The van der Waals surface area contributed by atoms with Gasteiger partial charge in [-0.2, -0.15) is 0 Å². The third-order valence-corrected chi connectivity index (χ3v) is 3.08. The number of halogens is 3. The van der Waals surface area contributed by atoms with Crippen LogP contribution in [0.3, 0.4) is 0 Å². The Kier molecular flexibility index (Phi) is 3.85. The SMILES string of the molecule is O=C(O)C(O)c1cc(I)c(F)cc1Br. The average molecular weight is 375 g/mol. The number of carbonyl (C=O) groups is 1. The highest BCUT2D eigenvalue weighted by Crippen LogP contribution is 2.27. The molecule has 2 N–H and O–H groups in total. The zero-order chi connectivity index (χ0) is 10.9. The number of aliphatic carboxylic acids is 1. The lowest BCUT2D eigenvalue weighted by atomic mass is 10.1. The van der Waals surface area contributed by atoms with Crippen molar-refractivity contribution in [3.8, 4) is 0 Å². The molecule has 1 aromatic carbocycles. The minimum Gasteiger partial charge on any atom is -0.479 e. The van der Waals surface area contributed by atoms with Crippen LogP contribution in [0.5, 0.6) is 0 Å². The van der Waals surface area contributed by atoms with Crippen molar-refractivity contribution in [3.05, 3.63) is 31.6 Å². The molecule has 0 bridgehead atoms. The fraction of sp³-hybridized carbons (Fsp3) is 0.125. The largest absolute Gasteiger partial charge is 0.479 e. The van der Waals surface area contributed by atoms with E-state index in [1.807, 2.05) is 0 Å². The first kappa shape index (κ1) is 11.9. The van der Waals surface area contributed by atoms with Crippen LogP contribution < -0.4 is 0 Å². The molecule has 0 aromatic heterocycles. The molecule has 0 aliphatic carbocycles. The smallest absolute Gasteiger partial charge is 0.337 e. The van der Waals surface area contributed by atoms with Gasteiger partial charge in [-0.15, -0.1) is 0 Å². The van der Waals surface area contributed by atoms with Crippen molar-refractivity contribution in [3.63, 3.8) is 0 Å². The molecule has 14 heavy (non-hydrogen) atoms. The van der Waals surface area contributed by atoms with Gasteiger partial charge in [0.05, 0.1) is 0 Å². The summed E-state index contributed by atoms with van der Waals surface area (Å²) in [4.78, 5) is 10.5. The molecule has 0 heterocycles. The summed E-state index contributed by atoms with van der Waals surface area (Å²) >= 11 is 4.71. The molecule has 76 valence electrons. The van der Waals surface area contributed by atoms with Gasteiger partial charge in [-0.05, 0) is 34.7 Å². The van der Waals surface area contributed by atoms with Crippen LogP contribution in [0.15, 0.2) is 16.6 Å². The summed E-state index contributed by atoms with van der Waals surface area (Å²) in [5, 5.41) is 17.8. The molecular weight excluding hydrogens is 370 g/mol. The highest BCUT2D eigenvalue weighted by atomic mass is 127. The van der Waals surface area contributed by atoms with Gasteiger partial charge in [0.15, 0.2) is 6.10 Å². The minimum atomic E-state index is -1.64. The van der Waals surface area contributed by atoms with Gasteiger partial charge in [-0.25, -0.2) is 9.18 Å². The maximum absolute atomic E-state index is 13.0. The van der Waals surface area contributed by atoms with Gasteiger partial charge >= 0.3 is 5.97 Å². The summed E-state index contributed by atoms with van der Waals surface area (Å²) < 4.78 is 13.5. The van der Waals surface area contributed by atoms with Gasteiger partial charge in [0.25, 0.3) is 0 Å². The lowest BCUT2D eigenvalue weighted by Crippen LogP contribution is -2.11. The summed E-state index contributed by atoms with van der Waals surface area (Å²) in [6.07, 6.45) is -1.64. The molecule has 0 spiro atoms. The molecule has 0 aliphatic rings. The van der Waals surface area contributed by atoms with Crippen molar-refractivity contribution in [1.82, 2.24) is 0 Å². The van der Waals surface area contributed by atoms with Gasteiger partial charge in [0.2, 0.25) is 0 Å². The van der Waals surface area contributed by atoms with Gasteiger partial charge in [-0.3, -0.25) is 0 Å². The van der Waals surface area contributed by atoms with E-state index in [0.29, 0.717) is 0 Å². The molecule has 6 heteroatoms. The van der Waals surface area contributed by atoms with Crippen LogP contribution in [0.2, 0.25) is 0 Å². The number of carboxylic acids is 1. The molecule has 0 radical (unpaired) electrons. The second kappa shape index (κ2) is 4.54. The Hall–Kier alpha value is -0.210. The number of rotatable bonds is 2. The molecule has 0 fully saturated rings. The number of aliphatic hydroxyl groups excluding tert-OH is 1. The monoisotopic (exact) mass is 374 g/mol. The standard InChI is InChI=1S/C8H5BrFIO3/c9-4-2-5(10)6(11)1-3(4)7(12)8(13)14/h1-2,7,12H,(H,13,14). The van der Waals surface area contributed by atoms with Crippen LogP contribution in [0.1, 0.15) is 11.7 Å². The molecule has 1 rings (SSSR count). The Morgan fingerprint density at radius 1 is 1.57 bits per heavy atom. The maximum Gasteiger partial charge on any atom is 0.337 e. The Morgan fingerprint density at radius 2 is 2.14 bits per heavy atom. The van der Waals surface area contributed by atoms with Crippen molar-refractivity contribution in [1.29, 1.82) is 0 Å². The lowest BCUT2D eigenvalue weighted by molar-refractivity contribution is -0.147. The first-order valence-corrected chi connectivity index (χ1v) is 5.36. The molecule has 1 aromatic rings. The van der Waals surface area contributed by atoms with Gasteiger partial charge in [0.1, 0.15) is 5.82 Å². The van der Waals surface area contributed by atoms with E-state index in [4.69, 9.17) is 5.11 Å². The summed E-state index contributed by atoms with van der Waals surface area (Å²) in [6, 6.07) is 2.42. The van der Waals surface area contributed by atoms with E-state index in [2.05, 4.69) is 15.9 Å². The number of hydrogen-bond acceptors (Lipinski definition) is 2. The average Bonchev–Trinajstić information content (AvgIpc) is 2.10. The molecule has 1 atom stereocenters. The van der Waals surface area contributed by atoms with E-state index in [0.717, 1.165) is 6.07 Å². The lowest BCUT2D eigenvalue weighted by Gasteiger charge is -2.09. The number of aliphatic hydroxyl groups is 1. The zero-order valence-corrected chi connectivity index (χ0v) is 10.4. The number of hydrogen-bond donors (Lipinski definition) is 2. The highest BCUT2D eigenvalue weighted by Gasteiger charge is 2.20. The van der Waals surface area contributed by atoms with Crippen LogP contribution in [0.25, 0.3) is 0 Å². The second-order valence-electron chi connectivity index (χ2n) is 2.53. The van der Waals surface area contributed by atoms with Gasteiger partial charge in [0, 0.05) is 13.6 Å². The predicted molar refractivity (Wildman–Crippen MR) is 59.4 cm³/mol. The van der Waals surface area contributed by atoms with Crippen LogP contribution in [-0.4, -0.2) is 16.2 Å². The van der Waals surface area contributed by atoms with Crippen LogP contribution in [0.4, 0.5) is 4.39 Å². The zero-order valence-electron chi connectivity index (χ0n) is 6.67. The van der Waals surface area contributed by atoms with E-state index in [1.54, 1.807) is 22.6 Å². The van der Waals surface area contributed by atoms with E-state index in [9.17, 15) is 14.3 Å². The Morgan fingerprint density at radius 3 is 2.64 bits per heavy atom. The predicted octanol–water partition coefficient (Wildman–Crippen LogP) is 2.31. The Balaban J connectivity index is 3.22. The topological polar surface area (TPSA) is 57.5 Å². The Bertz CT molecular complexity index is 383. The first-order valence-electron chi connectivity index (χ1n) is 3.48. The summed E-state index contributed by atoms with van der Waals surface area (Å²) in [5.74, 6) is -1.83. The summed E-state index contributed by atoms with van der Waals surface area (Å²) in [7, 11) is 0. The third-order valence-electron chi connectivity index (χ3n) is 1.57. The maximum atomic E-state index is 13.0. The third kappa shape index (κ3) is 2.43. The number of carboxylic acid groups (broad SMARTS) is 1. The number of benzene rings is 1. The first-order chi connectivity index (χ1) is 6.43. The van der Waals surface area contributed by atoms with E-state index in [1.165, 1.54) is 6.07 Å². The quantitative estimate of drug-likeness (QED) is 0.617. The van der Waals surface area contributed by atoms with E-state index in [-0.39, 0.29) is 13.6 Å². The molecular formula is C8H5BrFIO3. The van der Waals surface area contributed by atoms with Gasteiger partial charge in [-0.1, -0.05) is 15.9 Å². The molecule has 1 unspecified atom stereocenters. The van der Waals surface area contributed by atoms with E-state index < -0.39 is 17.9 Å². The minimum absolute atomic E-state index is 0.142. The molecule has 3 nitrogen and oxygen atoms in total. The van der Waals surface area contributed by atoms with Crippen molar-refractivity contribution < 1.29 is 19.4 Å². The molecule has 0 amide bonds. The van der Waals surface area contributed by atoms with Crippen molar-refractivity contribution >= 4 is 44.5 Å². The summed E-state index contributed by atoms with van der Waals surface area (Å²) in [6.45, 7) is 0. The Labute approximate surface area is 101 Å². The highest BCUT2D eigenvalue weighted by molar-refractivity contribution is 14.1. The van der Waals surface area contributed by atoms with Crippen LogP contribution >= 0.6 is 38.5 Å². The summed E-state index contributed by atoms with van der Waals surface area (Å²) in [5.41, 5.74) is 0.142. The van der Waals surface area contributed by atoms with E-state index >= 15 is 0 Å². The molecule has 0 aliphatic heterocycles. The molecule has 0 saturated heterocycles.